The Balaban J connectivity index is 2.29. The summed E-state index contributed by atoms with van der Waals surface area (Å²) in [4.78, 5) is 12.2. The summed E-state index contributed by atoms with van der Waals surface area (Å²) in [6, 6.07) is 5.42. The van der Waals surface area contributed by atoms with Crippen molar-refractivity contribution in [2.24, 2.45) is 0 Å². The number of anilines is 2. The van der Waals surface area contributed by atoms with Crippen molar-refractivity contribution in [3.63, 3.8) is 0 Å². The summed E-state index contributed by atoms with van der Waals surface area (Å²) in [6.07, 6.45) is 0. The molecule has 0 aliphatic heterocycles. The largest absolute Gasteiger partial charge is 0.395 e. The Labute approximate surface area is 122 Å². The molecule has 0 spiro atoms. The number of para-hydroxylation sites is 1. The van der Waals surface area contributed by atoms with Gasteiger partial charge in [0.2, 0.25) is 0 Å². The highest BCUT2D eigenvalue weighted by Crippen LogP contribution is 2.27. The lowest BCUT2D eigenvalue weighted by Crippen LogP contribution is -2.15. The minimum atomic E-state index is -0.373. The van der Waals surface area contributed by atoms with E-state index in [1.807, 2.05) is 32.9 Å². The number of nitrogen functional groups attached to an aromatic ring is 1. The molecular weight excluding hydrogens is 276 g/mol. The Hall–Kier alpha value is -2.01. The first-order chi connectivity index (χ1) is 9.41. The SMILES string of the molecule is Cc1cccc(Cl)c1NC(=O)c1n[nH]c(C(C)C)c1N. The zero-order valence-electron chi connectivity index (χ0n) is 11.6. The summed E-state index contributed by atoms with van der Waals surface area (Å²) in [5.74, 6) is -0.201. The lowest BCUT2D eigenvalue weighted by atomic mass is 10.1. The lowest BCUT2D eigenvalue weighted by molar-refractivity contribution is 0.102. The number of hydrogen-bond acceptors (Lipinski definition) is 3. The van der Waals surface area contributed by atoms with Crippen LogP contribution in [0.2, 0.25) is 5.02 Å². The third kappa shape index (κ3) is 2.63. The van der Waals surface area contributed by atoms with Gasteiger partial charge in [-0.3, -0.25) is 9.89 Å². The first kappa shape index (κ1) is 14.4. The molecule has 1 heterocycles. The first-order valence-corrected chi connectivity index (χ1v) is 6.69. The van der Waals surface area contributed by atoms with Crippen LogP contribution in [0.4, 0.5) is 11.4 Å². The summed E-state index contributed by atoms with van der Waals surface area (Å²) in [6.45, 7) is 5.82. The van der Waals surface area contributed by atoms with Crippen LogP contribution in [0.5, 0.6) is 0 Å². The van der Waals surface area contributed by atoms with E-state index in [2.05, 4.69) is 15.5 Å². The molecule has 0 atom stereocenters. The Kier molecular flexibility index (Phi) is 3.99. The highest BCUT2D eigenvalue weighted by Gasteiger charge is 2.20. The minimum Gasteiger partial charge on any atom is -0.395 e. The molecule has 4 N–H and O–H groups in total. The highest BCUT2D eigenvalue weighted by molar-refractivity contribution is 6.34. The topological polar surface area (TPSA) is 83.8 Å². The fraction of sp³-hybridized carbons (Fsp3) is 0.286. The maximum atomic E-state index is 12.2. The smallest absolute Gasteiger partial charge is 0.278 e. The zero-order valence-corrected chi connectivity index (χ0v) is 12.4. The molecule has 0 saturated carbocycles. The van der Waals surface area contributed by atoms with Crippen molar-refractivity contribution < 1.29 is 4.79 Å². The number of nitrogens with zero attached hydrogens (tertiary/aromatic N) is 1. The number of aromatic nitrogens is 2. The van der Waals surface area contributed by atoms with E-state index in [-0.39, 0.29) is 17.5 Å². The Bertz CT molecular complexity index is 628. The van der Waals surface area contributed by atoms with Crippen LogP contribution in [0, 0.1) is 6.92 Å². The van der Waals surface area contributed by atoms with Gasteiger partial charge in [-0.1, -0.05) is 37.6 Å². The number of hydrogen-bond donors (Lipinski definition) is 3. The first-order valence-electron chi connectivity index (χ1n) is 6.32. The number of halogens is 1. The number of aromatic amines is 1. The van der Waals surface area contributed by atoms with Crippen LogP contribution in [0.1, 0.15) is 41.5 Å². The second kappa shape index (κ2) is 5.54. The van der Waals surface area contributed by atoms with Gasteiger partial charge in [-0.05, 0) is 24.5 Å². The van der Waals surface area contributed by atoms with Crippen molar-refractivity contribution in [1.29, 1.82) is 0 Å². The van der Waals surface area contributed by atoms with Gasteiger partial charge in [0, 0.05) is 0 Å². The quantitative estimate of drug-likeness (QED) is 0.811. The number of rotatable bonds is 3. The van der Waals surface area contributed by atoms with Gasteiger partial charge in [-0.15, -0.1) is 0 Å². The molecule has 0 aliphatic carbocycles. The number of nitrogens with two attached hydrogens (primary N) is 1. The van der Waals surface area contributed by atoms with Gasteiger partial charge >= 0.3 is 0 Å². The molecule has 0 radical (unpaired) electrons. The highest BCUT2D eigenvalue weighted by atomic mass is 35.5. The molecule has 0 aliphatic rings. The van der Waals surface area contributed by atoms with Crippen molar-refractivity contribution in [3.05, 3.63) is 40.2 Å². The summed E-state index contributed by atoms with van der Waals surface area (Å²) < 4.78 is 0. The molecule has 0 saturated heterocycles. The fourth-order valence-corrected chi connectivity index (χ4v) is 2.21. The molecule has 5 nitrogen and oxygen atoms in total. The maximum absolute atomic E-state index is 12.2. The molecule has 0 fully saturated rings. The second-order valence-electron chi connectivity index (χ2n) is 4.94. The van der Waals surface area contributed by atoms with Crippen LogP contribution in [0.3, 0.4) is 0 Å². The maximum Gasteiger partial charge on any atom is 0.278 e. The summed E-state index contributed by atoms with van der Waals surface area (Å²) >= 11 is 6.08. The van der Waals surface area contributed by atoms with Gasteiger partial charge in [0.1, 0.15) is 0 Å². The van der Waals surface area contributed by atoms with Gasteiger partial charge in [-0.2, -0.15) is 5.10 Å². The molecule has 1 aromatic carbocycles. The molecule has 2 aromatic rings. The summed E-state index contributed by atoms with van der Waals surface area (Å²) in [7, 11) is 0. The summed E-state index contributed by atoms with van der Waals surface area (Å²) in [5.41, 5.74) is 8.72. The van der Waals surface area contributed by atoms with E-state index < -0.39 is 0 Å². The average Bonchev–Trinajstić information content (AvgIpc) is 2.76. The summed E-state index contributed by atoms with van der Waals surface area (Å²) in [5, 5.41) is 10.0. The number of benzene rings is 1. The van der Waals surface area contributed by atoms with Crippen LogP contribution in [0.15, 0.2) is 18.2 Å². The molecule has 2 rings (SSSR count). The molecule has 0 bridgehead atoms. The van der Waals surface area contributed by atoms with Gasteiger partial charge < -0.3 is 11.1 Å². The molecule has 106 valence electrons. The number of nitrogens with one attached hydrogen (secondary N) is 2. The van der Waals surface area contributed by atoms with Crippen LogP contribution < -0.4 is 11.1 Å². The Morgan fingerprint density at radius 1 is 1.45 bits per heavy atom. The van der Waals surface area contributed by atoms with Crippen LogP contribution in [-0.2, 0) is 0 Å². The van der Waals surface area contributed by atoms with E-state index in [9.17, 15) is 4.79 Å². The van der Waals surface area contributed by atoms with Gasteiger partial charge in [-0.25, -0.2) is 0 Å². The lowest BCUT2D eigenvalue weighted by Gasteiger charge is -2.09. The predicted molar refractivity (Wildman–Crippen MR) is 81.2 cm³/mol. The van der Waals surface area contributed by atoms with Crippen LogP contribution in [-0.4, -0.2) is 16.1 Å². The molecule has 20 heavy (non-hydrogen) atoms. The number of aryl methyl sites for hydroxylation is 1. The van der Waals surface area contributed by atoms with Crippen molar-refractivity contribution in [2.45, 2.75) is 26.7 Å². The average molecular weight is 293 g/mol. The van der Waals surface area contributed by atoms with Gasteiger partial charge in [0.15, 0.2) is 5.69 Å². The molecular formula is C14H17ClN4O. The van der Waals surface area contributed by atoms with E-state index in [0.29, 0.717) is 16.4 Å². The Morgan fingerprint density at radius 3 is 2.70 bits per heavy atom. The number of amides is 1. The monoisotopic (exact) mass is 292 g/mol. The predicted octanol–water partition coefficient (Wildman–Crippen LogP) is 3.33. The number of H-pyrrole nitrogens is 1. The zero-order chi connectivity index (χ0) is 14.9. The molecule has 1 amide bonds. The Morgan fingerprint density at radius 2 is 2.15 bits per heavy atom. The van der Waals surface area contributed by atoms with Crippen LogP contribution in [0.25, 0.3) is 0 Å². The number of carbonyl (C=O) groups excluding carboxylic acids is 1. The fourth-order valence-electron chi connectivity index (χ4n) is 1.94. The minimum absolute atomic E-state index is 0.172. The van der Waals surface area contributed by atoms with E-state index in [4.69, 9.17) is 17.3 Å². The van der Waals surface area contributed by atoms with E-state index in [1.54, 1.807) is 6.07 Å². The van der Waals surface area contributed by atoms with E-state index >= 15 is 0 Å². The third-order valence-electron chi connectivity index (χ3n) is 3.09. The van der Waals surface area contributed by atoms with E-state index in [1.165, 1.54) is 0 Å². The van der Waals surface area contributed by atoms with E-state index in [0.717, 1.165) is 11.3 Å². The van der Waals surface area contributed by atoms with Crippen molar-refractivity contribution >= 4 is 28.9 Å². The second-order valence-corrected chi connectivity index (χ2v) is 5.35. The molecule has 0 unspecified atom stereocenters. The molecule has 1 aromatic heterocycles. The van der Waals surface area contributed by atoms with Crippen molar-refractivity contribution in [2.75, 3.05) is 11.1 Å². The van der Waals surface area contributed by atoms with Crippen LogP contribution >= 0.6 is 11.6 Å². The van der Waals surface area contributed by atoms with Crippen molar-refractivity contribution in [3.8, 4) is 0 Å². The van der Waals surface area contributed by atoms with Gasteiger partial charge in [0.05, 0.1) is 22.1 Å². The molecule has 6 heteroatoms. The number of carbonyl (C=O) groups is 1. The normalized spacial score (nSPS) is 10.8. The van der Waals surface area contributed by atoms with Crippen molar-refractivity contribution in [1.82, 2.24) is 10.2 Å². The van der Waals surface area contributed by atoms with Gasteiger partial charge in [0.25, 0.3) is 5.91 Å². The third-order valence-corrected chi connectivity index (χ3v) is 3.40. The standard InChI is InChI=1S/C14H17ClN4O/c1-7(2)11-10(16)13(19-18-11)14(20)17-12-8(3)5-4-6-9(12)15/h4-7H,16H2,1-3H3,(H,17,20)(H,18,19).